The number of hydrogen-bond donors (Lipinski definition) is 2. The number of aromatic hydroxyl groups is 2. The molecule has 1 heterocycles. The highest BCUT2D eigenvalue weighted by atomic mass is 16.6. The minimum Gasteiger partial charge on any atom is -0.508 e. The number of ether oxygens (including phenoxy) is 5. The van der Waals surface area contributed by atoms with Gasteiger partial charge < -0.3 is 33.9 Å². The van der Waals surface area contributed by atoms with Crippen LogP contribution in [0.15, 0.2) is 36.4 Å². The van der Waals surface area contributed by atoms with Crippen molar-refractivity contribution in [1.82, 2.24) is 0 Å². The number of hydrogen-bond acceptors (Lipinski definition) is 8. The van der Waals surface area contributed by atoms with Crippen molar-refractivity contribution in [2.75, 3.05) is 27.9 Å². The second-order valence-corrected chi connectivity index (χ2v) is 8.91. The first-order valence-electron chi connectivity index (χ1n) is 11.7. The van der Waals surface area contributed by atoms with Crippen molar-refractivity contribution in [3.05, 3.63) is 58.7 Å². The van der Waals surface area contributed by atoms with Gasteiger partial charge in [0.1, 0.15) is 23.4 Å². The summed E-state index contributed by atoms with van der Waals surface area (Å²) in [4.78, 5) is 12.3. The Labute approximate surface area is 209 Å². The number of rotatable bonds is 5. The summed E-state index contributed by atoms with van der Waals surface area (Å²) in [5, 5.41) is 20.4. The second kappa shape index (κ2) is 9.18. The van der Waals surface area contributed by atoms with Crippen LogP contribution in [0.3, 0.4) is 0 Å². The van der Waals surface area contributed by atoms with E-state index in [0.29, 0.717) is 24.3 Å². The van der Waals surface area contributed by atoms with Crippen molar-refractivity contribution in [3.63, 3.8) is 0 Å². The van der Waals surface area contributed by atoms with E-state index < -0.39 is 12.1 Å². The minimum atomic E-state index is -0.650. The summed E-state index contributed by atoms with van der Waals surface area (Å²) in [7, 11) is 4.54. The van der Waals surface area contributed by atoms with Gasteiger partial charge in [-0.15, -0.1) is 0 Å². The van der Waals surface area contributed by atoms with E-state index in [2.05, 4.69) is 0 Å². The summed E-state index contributed by atoms with van der Waals surface area (Å²) in [6, 6.07) is 10.6. The number of carbonyl (C=O) groups excluding carboxylic acids is 1. The van der Waals surface area contributed by atoms with Crippen LogP contribution in [0.1, 0.15) is 41.2 Å². The molecule has 0 saturated carbocycles. The Morgan fingerprint density at radius 1 is 0.944 bits per heavy atom. The molecule has 0 bridgehead atoms. The molecule has 0 aromatic heterocycles. The average Bonchev–Trinajstić information content (AvgIpc) is 2.87. The van der Waals surface area contributed by atoms with Gasteiger partial charge in [-0.05, 0) is 59.4 Å². The molecule has 8 heteroatoms. The summed E-state index contributed by atoms with van der Waals surface area (Å²) in [6.45, 7) is 1.62. The number of phenolic OH excluding ortho intramolecular Hbond substituents is 2. The van der Waals surface area contributed by atoms with Crippen molar-refractivity contribution >= 4 is 5.97 Å². The van der Waals surface area contributed by atoms with E-state index in [4.69, 9.17) is 23.7 Å². The predicted octanol–water partition coefficient (Wildman–Crippen LogP) is 4.67. The highest BCUT2D eigenvalue weighted by Crippen LogP contribution is 2.53. The number of fused-ring (bicyclic) bond motifs is 5. The molecule has 1 aliphatic carbocycles. The number of methoxy groups -OCH3 is 3. The van der Waals surface area contributed by atoms with Crippen LogP contribution in [0.25, 0.3) is 11.1 Å². The largest absolute Gasteiger partial charge is 0.508 e. The van der Waals surface area contributed by atoms with Gasteiger partial charge in [-0.1, -0.05) is 6.07 Å². The zero-order chi connectivity index (χ0) is 25.6. The van der Waals surface area contributed by atoms with Gasteiger partial charge >= 0.3 is 5.97 Å². The smallest absolute Gasteiger partial charge is 0.303 e. The lowest BCUT2D eigenvalue weighted by atomic mass is 9.77. The molecule has 0 saturated heterocycles. The van der Waals surface area contributed by atoms with Crippen LogP contribution >= 0.6 is 0 Å². The monoisotopic (exact) mass is 492 g/mol. The van der Waals surface area contributed by atoms with Crippen molar-refractivity contribution < 1.29 is 38.7 Å². The van der Waals surface area contributed by atoms with Crippen LogP contribution in [0.5, 0.6) is 34.5 Å². The molecule has 2 N–H and O–H groups in total. The lowest BCUT2D eigenvalue weighted by molar-refractivity contribution is -0.149. The first-order chi connectivity index (χ1) is 17.4. The van der Waals surface area contributed by atoms with Gasteiger partial charge in [0.05, 0.1) is 33.9 Å². The zero-order valence-electron chi connectivity index (χ0n) is 20.6. The number of carbonyl (C=O) groups is 1. The van der Waals surface area contributed by atoms with Crippen LogP contribution in [-0.2, 0) is 22.4 Å². The second-order valence-electron chi connectivity index (χ2n) is 8.91. The molecule has 0 spiro atoms. The molecular formula is C28H28O8. The fraction of sp³-hybridized carbons (Fsp3) is 0.321. The molecule has 2 aliphatic rings. The topological polar surface area (TPSA) is 104 Å². The zero-order valence-corrected chi connectivity index (χ0v) is 20.6. The molecule has 8 nitrogen and oxygen atoms in total. The van der Waals surface area contributed by atoms with E-state index in [0.717, 1.165) is 33.4 Å². The Morgan fingerprint density at radius 3 is 2.28 bits per heavy atom. The predicted molar refractivity (Wildman–Crippen MR) is 131 cm³/mol. The first-order valence-corrected chi connectivity index (χ1v) is 11.7. The van der Waals surface area contributed by atoms with Gasteiger partial charge in [-0.25, -0.2) is 0 Å². The van der Waals surface area contributed by atoms with Crippen LogP contribution in [0, 0.1) is 0 Å². The van der Waals surface area contributed by atoms with Crippen LogP contribution in [-0.4, -0.2) is 44.1 Å². The van der Waals surface area contributed by atoms with Crippen molar-refractivity contribution in [1.29, 1.82) is 0 Å². The summed E-state index contributed by atoms with van der Waals surface area (Å²) >= 11 is 0. The molecule has 2 unspecified atom stereocenters. The number of aryl methyl sites for hydroxylation is 1. The van der Waals surface area contributed by atoms with E-state index in [1.807, 2.05) is 12.1 Å². The Balaban J connectivity index is 1.72. The van der Waals surface area contributed by atoms with E-state index in [1.54, 1.807) is 31.4 Å². The number of phenols is 2. The van der Waals surface area contributed by atoms with E-state index >= 15 is 0 Å². The van der Waals surface area contributed by atoms with E-state index in [1.165, 1.54) is 21.1 Å². The highest BCUT2D eigenvalue weighted by Gasteiger charge is 2.40. The summed E-state index contributed by atoms with van der Waals surface area (Å²) < 4.78 is 28.7. The van der Waals surface area contributed by atoms with Crippen molar-refractivity contribution in [2.24, 2.45) is 0 Å². The lowest BCUT2D eigenvalue weighted by Crippen LogP contribution is -2.29. The highest BCUT2D eigenvalue weighted by molar-refractivity contribution is 5.82. The number of esters is 1. The van der Waals surface area contributed by atoms with Gasteiger partial charge in [-0.3, -0.25) is 4.79 Å². The molecule has 0 amide bonds. The molecule has 188 valence electrons. The van der Waals surface area contributed by atoms with Gasteiger partial charge in [-0.2, -0.15) is 0 Å². The van der Waals surface area contributed by atoms with Gasteiger partial charge in [0.2, 0.25) is 5.75 Å². The van der Waals surface area contributed by atoms with Gasteiger partial charge in [0.15, 0.2) is 11.5 Å². The molecule has 36 heavy (non-hydrogen) atoms. The molecule has 2 atom stereocenters. The molecule has 3 aromatic carbocycles. The van der Waals surface area contributed by atoms with Crippen LogP contribution < -0.4 is 18.9 Å². The Bertz CT molecular complexity index is 1320. The Hall–Kier alpha value is -4.07. The molecule has 5 rings (SSSR count). The summed E-state index contributed by atoms with van der Waals surface area (Å²) in [5.74, 6) is 1.07. The Kier molecular flexibility index (Phi) is 6.04. The summed E-state index contributed by atoms with van der Waals surface area (Å²) in [6.07, 6.45) is 0.708. The maximum atomic E-state index is 12.3. The van der Waals surface area contributed by atoms with Crippen LogP contribution in [0.4, 0.5) is 0 Å². The lowest BCUT2D eigenvalue weighted by Gasteiger charge is -2.37. The Morgan fingerprint density at radius 2 is 1.64 bits per heavy atom. The van der Waals surface area contributed by atoms with Crippen molar-refractivity contribution in [3.8, 4) is 45.6 Å². The standard InChI is InChI=1S/C28H28O8/c1-14(29)36-28-20(16-10-23(33-3)27(31)24(11-16)34-4)13-35-22-12-21(32-2)25-18-8-6-17(30)9-15(18)5-7-19(25)26(22)28/h6,8-12,20,28,30-31H,5,7,13H2,1-4H3. The van der Waals surface area contributed by atoms with E-state index in [9.17, 15) is 15.0 Å². The maximum absolute atomic E-state index is 12.3. The van der Waals surface area contributed by atoms with Crippen LogP contribution in [0.2, 0.25) is 0 Å². The minimum absolute atomic E-state index is 0.105. The van der Waals surface area contributed by atoms with Crippen molar-refractivity contribution in [2.45, 2.75) is 31.8 Å². The van der Waals surface area contributed by atoms with E-state index in [-0.39, 0.29) is 35.5 Å². The molecule has 0 fully saturated rings. The first kappa shape index (κ1) is 23.7. The third-order valence-corrected chi connectivity index (χ3v) is 6.91. The fourth-order valence-electron chi connectivity index (χ4n) is 5.33. The van der Waals surface area contributed by atoms with Gasteiger partial charge in [0, 0.05) is 24.1 Å². The fourth-order valence-corrected chi connectivity index (χ4v) is 5.33. The third-order valence-electron chi connectivity index (χ3n) is 6.91. The normalized spacial score (nSPS) is 17.7. The SMILES string of the molecule is COc1cc(C2COc3cc(OC)c4c(c3C2OC(C)=O)CCc2cc(O)ccc2-4)cc(OC)c1O. The third kappa shape index (κ3) is 3.82. The molecule has 3 aromatic rings. The molecular weight excluding hydrogens is 464 g/mol. The number of benzene rings is 3. The molecule has 0 radical (unpaired) electrons. The average molecular weight is 493 g/mol. The molecule has 1 aliphatic heterocycles. The maximum Gasteiger partial charge on any atom is 0.303 e. The quantitative estimate of drug-likeness (QED) is 0.496. The summed E-state index contributed by atoms with van der Waals surface area (Å²) in [5.41, 5.74) is 5.40. The van der Waals surface area contributed by atoms with Gasteiger partial charge in [0.25, 0.3) is 0 Å².